The molecule has 1 radical (unpaired) electrons. The van der Waals surface area contributed by atoms with Crippen LogP contribution in [0.2, 0.25) is 0 Å². The Bertz CT molecular complexity index is 390. The summed E-state index contributed by atoms with van der Waals surface area (Å²) in [5.41, 5.74) is -0.956. The summed E-state index contributed by atoms with van der Waals surface area (Å²) in [6, 6.07) is 3.39. The summed E-state index contributed by atoms with van der Waals surface area (Å²) in [6.07, 6.45) is 1.56. The number of halogens is 1. The summed E-state index contributed by atoms with van der Waals surface area (Å²) in [6.45, 7) is 6.43. The van der Waals surface area contributed by atoms with Crippen LogP contribution in [0.3, 0.4) is 0 Å². The van der Waals surface area contributed by atoms with Crippen molar-refractivity contribution in [3.63, 3.8) is 0 Å². The van der Waals surface area contributed by atoms with E-state index in [9.17, 15) is 9.50 Å². The monoisotopic (exact) mass is 268 g/mol. The minimum Gasteiger partial charge on any atom is -0.475 e. The van der Waals surface area contributed by atoms with E-state index in [1.54, 1.807) is 46.0 Å². The molecule has 0 aliphatic rings. The van der Waals surface area contributed by atoms with Crippen LogP contribution in [0.15, 0.2) is 18.3 Å². The van der Waals surface area contributed by atoms with Gasteiger partial charge in [-0.3, -0.25) is 0 Å². The first-order valence-electron chi connectivity index (χ1n) is 6.14. The van der Waals surface area contributed by atoms with E-state index in [1.165, 1.54) is 7.48 Å². The molecule has 0 aliphatic heterocycles. The summed E-state index contributed by atoms with van der Waals surface area (Å²) in [7, 11) is 1.53. The van der Waals surface area contributed by atoms with E-state index in [0.29, 0.717) is 5.88 Å². The van der Waals surface area contributed by atoms with Crippen LogP contribution in [0.4, 0.5) is 4.39 Å². The zero-order chi connectivity index (χ0) is 14.5. The van der Waals surface area contributed by atoms with Crippen molar-refractivity contribution in [3.8, 4) is 5.88 Å². The number of alkyl halides is 1. The van der Waals surface area contributed by atoms with Gasteiger partial charge < -0.3 is 14.5 Å². The van der Waals surface area contributed by atoms with E-state index in [4.69, 9.17) is 9.39 Å². The zero-order valence-electron chi connectivity index (χ0n) is 11.8. The maximum absolute atomic E-state index is 11.9. The van der Waals surface area contributed by atoms with E-state index < -0.39 is 17.9 Å². The van der Waals surface area contributed by atoms with Crippen LogP contribution in [0, 0.1) is 0 Å². The number of nitrogens with zero attached hydrogens (tertiary/aromatic N) is 1. The lowest BCUT2D eigenvalue weighted by Gasteiger charge is -2.37. The van der Waals surface area contributed by atoms with Crippen molar-refractivity contribution >= 4 is 12.9 Å². The Morgan fingerprint density at radius 2 is 2.00 bits per heavy atom. The second-order valence-corrected chi connectivity index (χ2v) is 5.27. The van der Waals surface area contributed by atoms with Crippen molar-refractivity contribution in [1.29, 1.82) is 0 Å². The molecular formula is C13H20BFNO3. The van der Waals surface area contributed by atoms with E-state index in [0.717, 1.165) is 5.46 Å². The predicted octanol–water partition coefficient (Wildman–Crippen LogP) is 1.24. The zero-order valence-corrected chi connectivity index (χ0v) is 11.8. The first-order chi connectivity index (χ1) is 8.76. The first kappa shape index (κ1) is 15.9. The Balaban J connectivity index is 2.55. The molecular weight excluding hydrogens is 248 g/mol. The van der Waals surface area contributed by atoms with Crippen LogP contribution in [0.5, 0.6) is 5.88 Å². The molecule has 1 heterocycles. The molecule has 19 heavy (non-hydrogen) atoms. The second-order valence-electron chi connectivity index (χ2n) is 5.27. The maximum Gasteiger partial charge on any atom is 0.332 e. The Morgan fingerprint density at radius 1 is 1.32 bits per heavy atom. The lowest BCUT2D eigenvalue weighted by Crippen LogP contribution is -2.49. The van der Waals surface area contributed by atoms with Gasteiger partial charge in [0, 0.05) is 6.20 Å². The Kier molecular flexibility index (Phi) is 5.32. The van der Waals surface area contributed by atoms with Gasteiger partial charge in [0.25, 0.3) is 0 Å². The van der Waals surface area contributed by atoms with Crippen molar-refractivity contribution in [2.24, 2.45) is 0 Å². The van der Waals surface area contributed by atoms with Gasteiger partial charge in [0.2, 0.25) is 5.88 Å². The lowest BCUT2D eigenvalue weighted by atomic mass is 9.83. The van der Waals surface area contributed by atoms with E-state index in [-0.39, 0.29) is 6.61 Å². The molecule has 0 saturated heterocycles. The van der Waals surface area contributed by atoms with Crippen molar-refractivity contribution in [2.45, 2.75) is 38.9 Å². The summed E-state index contributed by atoms with van der Waals surface area (Å²) < 4.78 is 22.5. The Morgan fingerprint density at radius 3 is 2.47 bits per heavy atom. The van der Waals surface area contributed by atoms with Gasteiger partial charge in [0.1, 0.15) is 13.3 Å². The number of ether oxygens (including phenoxy) is 1. The fourth-order valence-electron chi connectivity index (χ4n) is 1.05. The quantitative estimate of drug-likeness (QED) is 0.756. The average Bonchev–Trinajstić information content (AvgIpc) is 2.34. The van der Waals surface area contributed by atoms with E-state index in [2.05, 4.69) is 4.98 Å². The summed E-state index contributed by atoms with van der Waals surface area (Å²) >= 11 is 0. The van der Waals surface area contributed by atoms with Gasteiger partial charge in [-0.2, -0.15) is 0 Å². The highest BCUT2D eigenvalue weighted by Gasteiger charge is 2.35. The standard InChI is InChI=1S/C13H20BFNO3/c1-12(2,17)13(3,4)19-14-10-5-6-11(16-9-10)18-8-7-15/h5-6,9,17H,7-8H2,1-4H3. The van der Waals surface area contributed by atoms with Crippen LogP contribution in [-0.4, -0.2) is 42.1 Å². The summed E-state index contributed by atoms with van der Waals surface area (Å²) in [5, 5.41) is 9.95. The Labute approximate surface area is 114 Å². The molecule has 1 aromatic heterocycles. The number of aliphatic hydroxyl groups is 1. The minimum atomic E-state index is -0.971. The molecule has 0 unspecified atom stereocenters. The summed E-state index contributed by atoms with van der Waals surface area (Å²) in [5.74, 6) is 0.372. The van der Waals surface area contributed by atoms with E-state index >= 15 is 0 Å². The molecule has 4 nitrogen and oxygen atoms in total. The molecule has 105 valence electrons. The number of rotatable bonds is 7. The number of hydrogen-bond donors (Lipinski definition) is 1. The van der Waals surface area contributed by atoms with Crippen LogP contribution < -0.4 is 10.2 Å². The van der Waals surface area contributed by atoms with Gasteiger partial charge in [-0.25, -0.2) is 9.37 Å². The maximum atomic E-state index is 11.9. The molecule has 1 N–H and O–H groups in total. The van der Waals surface area contributed by atoms with Crippen LogP contribution >= 0.6 is 0 Å². The van der Waals surface area contributed by atoms with Gasteiger partial charge in [0.05, 0.1) is 11.2 Å². The number of aromatic nitrogens is 1. The molecule has 0 saturated carbocycles. The topological polar surface area (TPSA) is 51.6 Å². The average molecular weight is 268 g/mol. The van der Waals surface area contributed by atoms with Crippen LogP contribution in [0.1, 0.15) is 27.7 Å². The molecule has 0 bridgehead atoms. The third-order valence-electron chi connectivity index (χ3n) is 3.05. The molecule has 6 heteroatoms. The molecule has 0 aliphatic carbocycles. The van der Waals surface area contributed by atoms with E-state index in [1.807, 2.05) is 0 Å². The highest BCUT2D eigenvalue weighted by molar-refractivity contribution is 6.46. The van der Waals surface area contributed by atoms with Gasteiger partial charge in [-0.15, -0.1) is 0 Å². The highest BCUT2D eigenvalue weighted by atomic mass is 19.1. The van der Waals surface area contributed by atoms with Gasteiger partial charge in [-0.05, 0) is 39.2 Å². The lowest BCUT2D eigenvalue weighted by molar-refractivity contribution is -0.0893. The normalized spacial score (nSPS) is 12.3. The number of pyridine rings is 1. The smallest absolute Gasteiger partial charge is 0.332 e. The van der Waals surface area contributed by atoms with Crippen LogP contribution in [-0.2, 0) is 4.65 Å². The minimum absolute atomic E-state index is 0.00169. The predicted molar refractivity (Wildman–Crippen MR) is 72.6 cm³/mol. The number of hydrogen-bond acceptors (Lipinski definition) is 4. The van der Waals surface area contributed by atoms with Gasteiger partial charge in [0.15, 0.2) is 0 Å². The summed E-state index contributed by atoms with van der Waals surface area (Å²) in [4.78, 5) is 4.02. The second kappa shape index (κ2) is 6.35. The third-order valence-corrected chi connectivity index (χ3v) is 3.05. The third kappa shape index (κ3) is 4.80. The SMILES string of the molecule is CC(C)(O)C(C)(C)O[B]c1ccc(OCCF)nc1. The van der Waals surface area contributed by atoms with Crippen molar-refractivity contribution in [1.82, 2.24) is 4.98 Å². The molecule has 1 rings (SSSR count). The molecule has 0 aromatic carbocycles. The van der Waals surface area contributed by atoms with Gasteiger partial charge in [-0.1, -0.05) is 6.07 Å². The molecule has 0 atom stereocenters. The van der Waals surface area contributed by atoms with Crippen molar-refractivity contribution in [2.75, 3.05) is 13.3 Å². The molecule has 0 fully saturated rings. The van der Waals surface area contributed by atoms with Crippen molar-refractivity contribution in [3.05, 3.63) is 18.3 Å². The van der Waals surface area contributed by atoms with Crippen LogP contribution in [0.25, 0.3) is 0 Å². The molecule has 0 amide bonds. The van der Waals surface area contributed by atoms with Gasteiger partial charge >= 0.3 is 7.48 Å². The first-order valence-corrected chi connectivity index (χ1v) is 6.14. The highest BCUT2D eigenvalue weighted by Crippen LogP contribution is 2.24. The van der Waals surface area contributed by atoms with Crippen molar-refractivity contribution < 1.29 is 18.9 Å². The Hall–Kier alpha value is -1.14. The molecule has 0 spiro atoms. The molecule has 1 aromatic rings. The fraction of sp³-hybridized carbons (Fsp3) is 0.615. The fourth-order valence-corrected chi connectivity index (χ4v) is 1.05. The largest absolute Gasteiger partial charge is 0.475 e.